The second-order valence-electron chi connectivity index (χ2n) is 3.46. The highest BCUT2D eigenvalue weighted by Gasteiger charge is 2.13. The summed E-state index contributed by atoms with van der Waals surface area (Å²) in [7, 11) is 3.25. The molecule has 0 aliphatic rings. The summed E-state index contributed by atoms with van der Waals surface area (Å²) in [6.07, 6.45) is 2.27. The molecule has 0 amide bonds. The van der Waals surface area contributed by atoms with E-state index < -0.39 is 0 Å². The molecule has 0 aromatic carbocycles. The van der Waals surface area contributed by atoms with Gasteiger partial charge in [-0.2, -0.15) is 0 Å². The lowest BCUT2D eigenvalue weighted by Crippen LogP contribution is -2.14. The smallest absolute Gasteiger partial charge is 0.144 e. The third-order valence-corrected chi connectivity index (χ3v) is 2.40. The largest absolute Gasteiger partial charge is 0.495 e. The fourth-order valence-electron chi connectivity index (χ4n) is 1.59. The van der Waals surface area contributed by atoms with Gasteiger partial charge in [-0.1, -0.05) is 12.2 Å². The van der Waals surface area contributed by atoms with Crippen molar-refractivity contribution >= 4 is 17.2 Å². The topological polar surface area (TPSA) is 57.4 Å². The predicted molar refractivity (Wildman–Crippen MR) is 66.7 cm³/mol. The molecule has 2 N–H and O–H groups in total. The molecule has 1 aromatic heterocycles. The summed E-state index contributed by atoms with van der Waals surface area (Å²) in [5, 5.41) is 0. The zero-order valence-corrected chi connectivity index (χ0v) is 10.6. The van der Waals surface area contributed by atoms with Crippen LogP contribution in [0.5, 0.6) is 5.75 Å². The third-order valence-electron chi connectivity index (χ3n) is 2.26. The second-order valence-corrected chi connectivity index (χ2v) is 3.98. The molecule has 0 atom stereocenters. The van der Waals surface area contributed by atoms with Gasteiger partial charge in [-0.15, -0.1) is 0 Å². The highest BCUT2D eigenvalue weighted by atomic mass is 32.1. The van der Waals surface area contributed by atoms with Crippen LogP contribution in [0, 0.1) is 6.92 Å². The number of nitrogens with zero attached hydrogens (tertiary/aromatic N) is 1. The summed E-state index contributed by atoms with van der Waals surface area (Å²) >= 11 is 4.93. The molecule has 0 fully saturated rings. The number of aryl methyl sites for hydroxylation is 1. The highest BCUT2D eigenvalue weighted by Crippen LogP contribution is 2.26. The maximum atomic E-state index is 5.58. The van der Waals surface area contributed by atoms with Crippen molar-refractivity contribution in [1.29, 1.82) is 0 Å². The van der Waals surface area contributed by atoms with Gasteiger partial charge in [0.05, 0.1) is 24.4 Å². The van der Waals surface area contributed by atoms with Gasteiger partial charge in [0.25, 0.3) is 0 Å². The van der Waals surface area contributed by atoms with Gasteiger partial charge in [0, 0.05) is 30.9 Å². The van der Waals surface area contributed by atoms with E-state index in [4.69, 9.17) is 27.4 Å². The number of methoxy groups -OCH3 is 2. The lowest BCUT2D eigenvalue weighted by molar-refractivity contribution is 0.183. The van der Waals surface area contributed by atoms with Crippen molar-refractivity contribution in [2.75, 3.05) is 14.2 Å². The van der Waals surface area contributed by atoms with E-state index in [1.807, 2.05) is 6.92 Å². The number of nitrogens with two attached hydrogens (primary N) is 1. The minimum Gasteiger partial charge on any atom is -0.495 e. The molecule has 88 valence electrons. The first-order chi connectivity index (χ1) is 7.60. The summed E-state index contributed by atoms with van der Waals surface area (Å²) < 4.78 is 10.4. The van der Waals surface area contributed by atoms with E-state index in [2.05, 4.69) is 4.98 Å². The maximum absolute atomic E-state index is 5.58. The lowest BCUT2D eigenvalue weighted by Gasteiger charge is -2.14. The first-order valence-electron chi connectivity index (χ1n) is 4.88. The Hall–Kier alpha value is -1.20. The van der Waals surface area contributed by atoms with Crippen molar-refractivity contribution in [3.05, 3.63) is 23.0 Å². The Labute approximate surface area is 101 Å². The molecule has 0 aliphatic carbocycles. The van der Waals surface area contributed by atoms with Gasteiger partial charge >= 0.3 is 0 Å². The molecule has 0 radical (unpaired) electrons. The maximum Gasteiger partial charge on any atom is 0.144 e. The highest BCUT2D eigenvalue weighted by molar-refractivity contribution is 7.80. The zero-order valence-electron chi connectivity index (χ0n) is 9.74. The number of aromatic nitrogens is 1. The zero-order chi connectivity index (χ0) is 12.1. The van der Waals surface area contributed by atoms with E-state index in [1.54, 1.807) is 20.4 Å². The molecule has 16 heavy (non-hydrogen) atoms. The van der Waals surface area contributed by atoms with Gasteiger partial charge in [-0.25, -0.2) is 0 Å². The van der Waals surface area contributed by atoms with E-state index in [-0.39, 0.29) is 0 Å². The molecule has 0 bridgehead atoms. The van der Waals surface area contributed by atoms with Crippen LogP contribution in [0.1, 0.15) is 16.8 Å². The van der Waals surface area contributed by atoms with Gasteiger partial charge in [0.1, 0.15) is 5.75 Å². The summed E-state index contributed by atoms with van der Waals surface area (Å²) in [5.74, 6) is 0.738. The number of hydrogen-bond donors (Lipinski definition) is 1. The Morgan fingerprint density at radius 1 is 1.50 bits per heavy atom. The predicted octanol–water partition coefficient (Wildman–Crippen LogP) is 1.37. The quantitative estimate of drug-likeness (QED) is 0.788. The standard InChI is InChI=1S/C11H16N2O2S/c1-7-11(15-3)9(4-10(12)16)8(5-13-7)6-14-2/h5H,4,6H2,1-3H3,(H2,12,16). The van der Waals surface area contributed by atoms with Gasteiger partial charge in [0.15, 0.2) is 0 Å². The van der Waals surface area contributed by atoms with Crippen molar-refractivity contribution in [1.82, 2.24) is 4.98 Å². The minimum atomic E-state index is 0.432. The fraction of sp³-hybridized carbons (Fsp3) is 0.455. The van der Waals surface area contributed by atoms with Crippen LogP contribution in [0.4, 0.5) is 0 Å². The Morgan fingerprint density at radius 3 is 2.69 bits per heavy atom. The van der Waals surface area contributed by atoms with E-state index in [0.717, 1.165) is 22.6 Å². The van der Waals surface area contributed by atoms with Crippen molar-refractivity contribution in [2.45, 2.75) is 20.0 Å². The summed E-state index contributed by atoms with van der Waals surface area (Å²) in [6.45, 7) is 2.36. The molecule has 5 heteroatoms. The number of ether oxygens (including phenoxy) is 2. The second kappa shape index (κ2) is 5.77. The van der Waals surface area contributed by atoms with Crippen LogP contribution in [0.25, 0.3) is 0 Å². The summed E-state index contributed by atoms with van der Waals surface area (Å²) in [4.78, 5) is 4.68. The van der Waals surface area contributed by atoms with Gasteiger partial charge in [-0.3, -0.25) is 4.98 Å². The minimum absolute atomic E-state index is 0.432. The lowest BCUT2D eigenvalue weighted by atomic mass is 10.0. The number of pyridine rings is 1. The van der Waals surface area contributed by atoms with Gasteiger partial charge in [-0.05, 0) is 6.92 Å². The first-order valence-corrected chi connectivity index (χ1v) is 5.29. The molecule has 0 saturated heterocycles. The molecule has 0 unspecified atom stereocenters. The van der Waals surface area contributed by atoms with E-state index >= 15 is 0 Å². The number of rotatable bonds is 5. The Bertz CT molecular complexity index is 394. The van der Waals surface area contributed by atoms with Crippen LogP contribution in [0.15, 0.2) is 6.20 Å². The van der Waals surface area contributed by atoms with Crippen molar-refractivity contribution in [2.24, 2.45) is 5.73 Å². The monoisotopic (exact) mass is 240 g/mol. The summed E-state index contributed by atoms with van der Waals surface area (Å²) in [5.41, 5.74) is 8.32. The van der Waals surface area contributed by atoms with Crippen molar-refractivity contribution in [3.63, 3.8) is 0 Å². The van der Waals surface area contributed by atoms with Crippen LogP contribution in [0.2, 0.25) is 0 Å². The van der Waals surface area contributed by atoms with Gasteiger partial charge in [0.2, 0.25) is 0 Å². The third kappa shape index (κ3) is 2.90. The van der Waals surface area contributed by atoms with E-state index in [9.17, 15) is 0 Å². The van der Waals surface area contributed by atoms with Crippen LogP contribution in [-0.4, -0.2) is 24.2 Å². The Balaban J connectivity index is 3.22. The fourth-order valence-corrected chi connectivity index (χ4v) is 1.74. The molecule has 0 spiro atoms. The Morgan fingerprint density at radius 2 is 2.19 bits per heavy atom. The van der Waals surface area contributed by atoms with Crippen molar-refractivity contribution < 1.29 is 9.47 Å². The molecule has 1 rings (SSSR count). The van der Waals surface area contributed by atoms with E-state index in [0.29, 0.717) is 18.0 Å². The van der Waals surface area contributed by atoms with E-state index in [1.165, 1.54) is 0 Å². The van der Waals surface area contributed by atoms with Gasteiger partial charge < -0.3 is 15.2 Å². The first kappa shape index (κ1) is 12.9. The van der Waals surface area contributed by atoms with Crippen LogP contribution in [-0.2, 0) is 17.8 Å². The average molecular weight is 240 g/mol. The van der Waals surface area contributed by atoms with Crippen molar-refractivity contribution in [3.8, 4) is 5.75 Å². The molecule has 0 aliphatic heterocycles. The molecular formula is C11H16N2O2S. The molecule has 1 heterocycles. The van der Waals surface area contributed by atoms with Crippen LogP contribution < -0.4 is 10.5 Å². The number of hydrogen-bond acceptors (Lipinski definition) is 4. The summed E-state index contributed by atoms with van der Waals surface area (Å²) in [6, 6.07) is 0. The van der Waals surface area contributed by atoms with Crippen LogP contribution in [0.3, 0.4) is 0 Å². The number of thiocarbonyl (C=S) groups is 1. The molecule has 0 saturated carbocycles. The SMILES string of the molecule is COCc1cnc(C)c(OC)c1CC(N)=S. The average Bonchev–Trinajstić information content (AvgIpc) is 2.22. The molecule has 4 nitrogen and oxygen atoms in total. The molecular weight excluding hydrogens is 224 g/mol. The Kier molecular flexibility index (Phi) is 4.64. The molecule has 1 aromatic rings. The van der Waals surface area contributed by atoms with Crippen LogP contribution >= 0.6 is 12.2 Å². The normalized spacial score (nSPS) is 10.2.